The quantitative estimate of drug-likeness (QED) is 0.614. The van der Waals surface area contributed by atoms with Crippen LogP contribution in [-0.4, -0.2) is 32.0 Å². The number of rotatable bonds is 4. The Morgan fingerprint density at radius 1 is 1.00 bits per heavy atom. The number of benzene rings is 2. The number of carbonyl (C=O) groups excluding carboxylic acids is 3. The number of piperidine rings is 1. The Balaban J connectivity index is 1.79. The first kappa shape index (κ1) is 17.3. The van der Waals surface area contributed by atoms with Gasteiger partial charge < -0.3 is 9.47 Å². The molecule has 0 radical (unpaired) electrons. The summed E-state index contributed by atoms with van der Waals surface area (Å²) in [7, 11) is 2.82. The van der Waals surface area contributed by atoms with Crippen molar-refractivity contribution in [2.45, 2.75) is 12.3 Å². The minimum atomic E-state index is -1.18. The molecule has 1 saturated carbocycles. The van der Waals surface area contributed by atoms with E-state index in [0.29, 0.717) is 17.0 Å². The van der Waals surface area contributed by atoms with E-state index in [0.717, 1.165) is 5.56 Å². The highest BCUT2D eigenvalue weighted by Crippen LogP contribution is 2.66. The molecular formula is C21H19NO5. The maximum atomic E-state index is 13.4. The molecule has 2 amide bonds. The Labute approximate surface area is 156 Å². The summed E-state index contributed by atoms with van der Waals surface area (Å²) >= 11 is 0. The third-order valence-corrected chi connectivity index (χ3v) is 5.56. The van der Waals surface area contributed by atoms with Gasteiger partial charge in [-0.25, -0.2) is 4.90 Å². The summed E-state index contributed by atoms with van der Waals surface area (Å²) < 4.78 is 10.00. The summed E-state index contributed by atoms with van der Waals surface area (Å²) in [6.07, 6.45) is 0. The molecule has 0 N–H and O–H groups in total. The molecule has 0 spiro atoms. The lowest BCUT2D eigenvalue weighted by Gasteiger charge is -2.22. The van der Waals surface area contributed by atoms with Crippen LogP contribution in [0.1, 0.15) is 11.1 Å². The number of imide groups is 1. The van der Waals surface area contributed by atoms with E-state index in [9.17, 15) is 14.4 Å². The number of ether oxygens (including phenoxy) is 2. The van der Waals surface area contributed by atoms with Crippen LogP contribution in [0, 0.1) is 18.8 Å². The SMILES string of the molecule is COC(=O)[C@H]1[C@@H]2C(=O)N(c3ccc(OC)cc3)C(=O)[C@]12c1ccc(C)cc1. The molecule has 2 aromatic rings. The molecule has 2 aliphatic rings. The molecular weight excluding hydrogens is 346 g/mol. The number of hydrogen-bond donors (Lipinski definition) is 0. The van der Waals surface area contributed by atoms with Gasteiger partial charge in [-0.1, -0.05) is 29.8 Å². The normalized spacial score (nSPS) is 26.0. The highest BCUT2D eigenvalue weighted by atomic mass is 16.5. The molecule has 0 aromatic heterocycles. The molecule has 3 atom stereocenters. The van der Waals surface area contributed by atoms with Gasteiger partial charge in [0, 0.05) is 0 Å². The van der Waals surface area contributed by atoms with Gasteiger partial charge in [-0.2, -0.15) is 0 Å². The highest BCUT2D eigenvalue weighted by Gasteiger charge is 2.83. The second kappa shape index (κ2) is 5.94. The van der Waals surface area contributed by atoms with Crippen molar-refractivity contribution in [1.29, 1.82) is 0 Å². The molecule has 1 aliphatic carbocycles. The molecule has 0 bridgehead atoms. The molecule has 2 aromatic carbocycles. The molecule has 1 aliphatic heterocycles. The van der Waals surface area contributed by atoms with Crippen LogP contribution < -0.4 is 9.64 Å². The van der Waals surface area contributed by atoms with Crippen LogP contribution in [-0.2, 0) is 24.5 Å². The number of carbonyl (C=O) groups is 3. The van der Waals surface area contributed by atoms with Crippen LogP contribution in [0.3, 0.4) is 0 Å². The minimum absolute atomic E-state index is 0.374. The number of fused-ring (bicyclic) bond motifs is 1. The van der Waals surface area contributed by atoms with Gasteiger partial charge in [0.2, 0.25) is 11.8 Å². The fourth-order valence-corrected chi connectivity index (χ4v) is 4.15. The molecule has 6 heteroatoms. The molecule has 1 saturated heterocycles. The third kappa shape index (κ3) is 2.22. The number of nitrogens with zero attached hydrogens (tertiary/aromatic N) is 1. The van der Waals surface area contributed by atoms with Crippen molar-refractivity contribution in [3.8, 4) is 5.75 Å². The first-order chi connectivity index (χ1) is 13.0. The van der Waals surface area contributed by atoms with Crippen molar-refractivity contribution < 1.29 is 23.9 Å². The van der Waals surface area contributed by atoms with E-state index in [2.05, 4.69) is 0 Å². The second-order valence-electron chi connectivity index (χ2n) is 6.89. The average Bonchev–Trinajstić information content (AvgIpc) is 3.33. The monoisotopic (exact) mass is 365 g/mol. The molecule has 6 nitrogen and oxygen atoms in total. The van der Waals surface area contributed by atoms with Crippen LogP contribution in [0.2, 0.25) is 0 Å². The van der Waals surface area contributed by atoms with Gasteiger partial charge in [0.1, 0.15) is 11.2 Å². The van der Waals surface area contributed by atoms with Crippen molar-refractivity contribution in [3.63, 3.8) is 0 Å². The first-order valence-electron chi connectivity index (χ1n) is 8.64. The highest BCUT2D eigenvalue weighted by molar-refractivity contribution is 6.31. The van der Waals surface area contributed by atoms with Crippen LogP contribution >= 0.6 is 0 Å². The Morgan fingerprint density at radius 2 is 1.63 bits per heavy atom. The summed E-state index contributed by atoms with van der Waals surface area (Å²) in [6.45, 7) is 1.94. The number of methoxy groups -OCH3 is 2. The maximum absolute atomic E-state index is 13.4. The lowest BCUT2D eigenvalue weighted by atomic mass is 9.91. The van der Waals surface area contributed by atoms with Crippen molar-refractivity contribution in [3.05, 3.63) is 59.7 Å². The summed E-state index contributed by atoms with van der Waals surface area (Å²) in [4.78, 5) is 39.9. The minimum Gasteiger partial charge on any atom is -0.497 e. The number of esters is 1. The Hall–Kier alpha value is -3.15. The van der Waals surface area contributed by atoms with Crippen LogP contribution in [0.15, 0.2) is 48.5 Å². The third-order valence-electron chi connectivity index (χ3n) is 5.56. The van der Waals surface area contributed by atoms with Gasteiger partial charge in [-0.3, -0.25) is 14.4 Å². The van der Waals surface area contributed by atoms with E-state index in [1.165, 1.54) is 12.0 Å². The van der Waals surface area contributed by atoms with Crippen LogP contribution in [0.25, 0.3) is 0 Å². The predicted molar refractivity (Wildman–Crippen MR) is 97.3 cm³/mol. The molecule has 4 rings (SSSR count). The summed E-state index contributed by atoms with van der Waals surface area (Å²) in [5.41, 5.74) is 0.986. The van der Waals surface area contributed by atoms with E-state index >= 15 is 0 Å². The second-order valence-corrected chi connectivity index (χ2v) is 6.89. The van der Waals surface area contributed by atoms with Gasteiger partial charge in [0.05, 0.1) is 31.7 Å². The van der Waals surface area contributed by atoms with Crippen LogP contribution in [0.5, 0.6) is 5.75 Å². The van der Waals surface area contributed by atoms with Crippen molar-refractivity contribution >= 4 is 23.5 Å². The summed E-state index contributed by atoms with van der Waals surface area (Å²) in [5, 5.41) is 0. The van der Waals surface area contributed by atoms with Crippen molar-refractivity contribution in [2.24, 2.45) is 11.8 Å². The summed E-state index contributed by atoms with van der Waals surface area (Å²) in [5.74, 6) is -2.18. The number of anilines is 1. The number of amides is 2. The van der Waals surface area contributed by atoms with Gasteiger partial charge in [0.25, 0.3) is 0 Å². The smallest absolute Gasteiger partial charge is 0.310 e. The Morgan fingerprint density at radius 3 is 2.19 bits per heavy atom. The number of hydrogen-bond acceptors (Lipinski definition) is 5. The topological polar surface area (TPSA) is 72.9 Å². The molecule has 138 valence electrons. The van der Waals surface area contributed by atoms with E-state index in [1.54, 1.807) is 31.4 Å². The van der Waals surface area contributed by atoms with Crippen molar-refractivity contribution in [1.82, 2.24) is 0 Å². The van der Waals surface area contributed by atoms with Gasteiger partial charge in [0.15, 0.2) is 0 Å². The number of aryl methyl sites for hydroxylation is 1. The van der Waals surface area contributed by atoms with Crippen molar-refractivity contribution in [2.75, 3.05) is 19.1 Å². The largest absolute Gasteiger partial charge is 0.497 e. The standard InChI is InChI=1S/C21H19NO5/c1-12-4-6-13(7-5-12)21-16(17(21)19(24)27-3)18(23)22(20(21)25)14-8-10-15(26-2)11-9-14/h4-11,16-17H,1-3H3/t16-,17-,21+/m1/s1. The predicted octanol–water partition coefficient (Wildman–Crippen LogP) is 2.23. The molecule has 2 fully saturated rings. The Bertz CT molecular complexity index is 934. The zero-order chi connectivity index (χ0) is 19.3. The molecule has 0 unspecified atom stereocenters. The molecule has 1 heterocycles. The lowest BCUT2D eigenvalue weighted by molar-refractivity contribution is -0.145. The zero-order valence-corrected chi connectivity index (χ0v) is 15.3. The first-order valence-corrected chi connectivity index (χ1v) is 8.64. The van der Waals surface area contributed by atoms with Crippen LogP contribution in [0.4, 0.5) is 5.69 Å². The molecule has 27 heavy (non-hydrogen) atoms. The fraction of sp³-hybridized carbons (Fsp3) is 0.286. The van der Waals surface area contributed by atoms with E-state index in [1.807, 2.05) is 31.2 Å². The van der Waals surface area contributed by atoms with E-state index in [4.69, 9.17) is 9.47 Å². The average molecular weight is 365 g/mol. The van der Waals surface area contributed by atoms with Gasteiger partial charge in [-0.15, -0.1) is 0 Å². The van der Waals surface area contributed by atoms with Gasteiger partial charge >= 0.3 is 5.97 Å². The van der Waals surface area contributed by atoms with E-state index < -0.39 is 23.2 Å². The van der Waals surface area contributed by atoms with E-state index in [-0.39, 0.29) is 11.8 Å². The summed E-state index contributed by atoms with van der Waals surface area (Å²) in [6, 6.07) is 14.1. The zero-order valence-electron chi connectivity index (χ0n) is 15.3. The maximum Gasteiger partial charge on any atom is 0.310 e. The lowest BCUT2D eigenvalue weighted by Crippen LogP contribution is -2.40. The Kier molecular flexibility index (Phi) is 3.80. The van der Waals surface area contributed by atoms with Gasteiger partial charge in [-0.05, 0) is 36.8 Å². The fourth-order valence-electron chi connectivity index (χ4n) is 4.15.